The number of anilines is 1. The SMILES string of the molecule is CC(NC(=O)c1cc(Br)cc(Br)c1)c1nc(NC(=O)OC(C)(C)C)nn1-c1ccc(C#N)cn1. The van der Waals surface area contributed by atoms with Crippen LogP contribution < -0.4 is 10.6 Å². The van der Waals surface area contributed by atoms with E-state index in [4.69, 9.17) is 10.00 Å². The molecule has 2 heterocycles. The average Bonchev–Trinajstić information content (AvgIpc) is 3.15. The lowest BCUT2D eigenvalue weighted by molar-refractivity contribution is 0.0634. The van der Waals surface area contributed by atoms with Gasteiger partial charge in [-0.3, -0.25) is 10.1 Å². The largest absolute Gasteiger partial charge is 0.444 e. The van der Waals surface area contributed by atoms with E-state index in [2.05, 4.69) is 57.6 Å². The van der Waals surface area contributed by atoms with Crippen LogP contribution in [-0.4, -0.2) is 37.3 Å². The molecule has 0 saturated heterocycles. The van der Waals surface area contributed by atoms with Gasteiger partial charge in [-0.15, -0.1) is 5.10 Å². The van der Waals surface area contributed by atoms with Gasteiger partial charge in [0.2, 0.25) is 0 Å². The molecule has 0 saturated carbocycles. The van der Waals surface area contributed by atoms with Crippen molar-refractivity contribution in [3.05, 3.63) is 62.4 Å². The second-order valence-corrected chi connectivity index (χ2v) is 10.0. The molecule has 176 valence electrons. The van der Waals surface area contributed by atoms with Gasteiger partial charge in [-0.05, 0) is 58.0 Å². The quantitative estimate of drug-likeness (QED) is 0.431. The molecule has 0 fully saturated rings. The van der Waals surface area contributed by atoms with Crippen molar-refractivity contribution in [1.82, 2.24) is 25.1 Å². The van der Waals surface area contributed by atoms with E-state index in [1.807, 2.05) is 12.1 Å². The Morgan fingerprint density at radius 2 is 1.85 bits per heavy atom. The molecule has 3 rings (SSSR count). The molecule has 34 heavy (non-hydrogen) atoms. The van der Waals surface area contributed by atoms with Crippen molar-refractivity contribution in [3.63, 3.8) is 0 Å². The smallest absolute Gasteiger partial charge is 0.414 e. The number of nitrogens with one attached hydrogen (secondary N) is 2. The zero-order chi connectivity index (χ0) is 25.0. The number of pyridine rings is 1. The summed E-state index contributed by atoms with van der Waals surface area (Å²) in [4.78, 5) is 33.7. The minimum absolute atomic E-state index is 0.0262. The molecular formula is C22H21Br2N7O3. The summed E-state index contributed by atoms with van der Waals surface area (Å²) in [5, 5.41) is 18.7. The minimum atomic E-state index is -0.723. The Balaban J connectivity index is 1.92. The second-order valence-electron chi connectivity index (χ2n) is 8.20. The fourth-order valence-electron chi connectivity index (χ4n) is 2.83. The Morgan fingerprint density at radius 3 is 2.41 bits per heavy atom. The van der Waals surface area contributed by atoms with Crippen LogP contribution >= 0.6 is 31.9 Å². The molecule has 10 nitrogen and oxygen atoms in total. The highest BCUT2D eigenvalue weighted by atomic mass is 79.9. The number of halogens is 2. The van der Waals surface area contributed by atoms with Gasteiger partial charge >= 0.3 is 6.09 Å². The van der Waals surface area contributed by atoms with Crippen molar-refractivity contribution in [2.45, 2.75) is 39.3 Å². The Bertz CT molecular complexity index is 1240. The lowest BCUT2D eigenvalue weighted by atomic mass is 10.2. The van der Waals surface area contributed by atoms with Gasteiger partial charge < -0.3 is 10.1 Å². The van der Waals surface area contributed by atoms with Crippen LogP contribution in [0.5, 0.6) is 0 Å². The van der Waals surface area contributed by atoms with Gasteiger partial charge in [-0.2, -0.15) is 14.9 Å². The topological polar surface area (TPSA) is 135 Å². The molecule has 1 atom stereocenters. The highest BCUT2D eigenvalue weighted by Gasteiger charge is 2.23. The van der Waals surface area contributed by atoms with Gasteiger partial charge in [0.1, 0.15) is 11.7 Å². The Morgan fingerprint density at radius 1 is 1.18 bits per heavy atom. The number of rotatable bonds is 5. The number of carbonyl (C=O) groups excluding carboxylic acids is 2. The van der Waals surface area contributed by atoms with E-state index in [1.165, 1.54) is 10.9 Å². The summed E-state index contributed by atoms with van der Waals surface area (Å²) in [6, 6.07) is 9.75. The number of aromatic nitrogens is 4. The first kappa shape index (κ1) is 25.3. The first-order chi connectivity index (χ1) is 15.9. The molecule has 2 amide bonds. The van der Waals surface area contributed by atoms with Crippen molar-refractivity contribution in [1.29, 1.82) is 5.26 Å². The van der Waals surface area contributed by atoms with Crippen LogP contribution in [-0.2, 0) is 4.74 Å². The molecular weight excluding hydrogens is 570 g/mol. The molecule has 2 N–H and O–H groups in total. The normalized spacial score (nSPS) is 11.9. The Hall–Kier alpha value is -3.30. The summed E-state index contributed by atoms with van der Waals surface area (Å²) in [6.07, 6.45) is 0.670. The molecule has 0 bridgehead atoms. The molecule has 1 unspecified atom stereocenters. The standard InChI is InChI=1S/C22H21Br2N7O3/c1-12(27-19(32)14-7-15(23)9-16(24)8-14)18-28-20(29-21(33)34-22(2,3)4)30-31(18)17-6-5-13(10-25)11-26-17/h5-9,11-12H,1-4H3,(H,27,32)(H,29,30,33). The first-order valence-corrected chi connectivity index (χ1v) is 11.6. The van der Waals surface area contributed by atoms with Crippen molar-refractivity contribution >= 4 is 49.8 Å². The fraction of sp³-hybridized carbons (Fsp3) is 0.273. The van der Waals surface area contributed by atoms with E-state index in [1.54, 1.807) is 52.0 Å². The van der Waals surface area contributed by atoms with Crippen LogP contribution in [0.4, 0.5) is 10.7 Å². The maximum Gasteiger partial charge on any atom is 0.414 e. The fourth-order valence-corrected chi connectivity index (χ4v) is 4.12. The number of nitriles is 1. The lowest BCUT2D eigenvalue weighted by Crippen LogP contribution is -2.29. The van der Waals surface area contributed by atoms with Gasteiger partial charge in [0.05, 0.1) is 11.6 Å². The number of ether oxygens (including phenoxy) is 1. The second kappa shape index (κ2) is 10.3. The molecule has 0 aliphatic rings. The maximum absolute atomic E-state index is 12.9. The van der Waals surface area contributed by atoms with E-state index in [0.29, 0.717) is 22.8 Å². The highest BCUT2D eigenvalue weighted by Crippen LogP contribution is 2.22. The number of nitrogens with zero attached hydrogens (tertiary/aromatic N) is 5. The number of carbonyl (C=O) groups is 2. The van der Waals surface area contributed by atoms with E-state index < -0.39 is 17.7 Å². The van der Waals surface area contributed by atoms with Crippen LogP contribution in [0.3, 0.4) is 0 Å². The van der Waals surface area contributed by atoms with Gasteiger partial charge in [-0.1, -0.05) is 31.9 Å². The molecule has 0 aliphatic heterocycles. The summed E-state index contributed by atoms with van der Waals surface area (Å²) < 4.78 is 8.13. The molecule has 1 aromatic carbocycles. The molecule has 12 heteroatoms. The van der Waals surface area contributed by atoms with Crippen molar-refractivity contribution in [3.8, 4) is 11.9 Å². The van der Waals surface area contributed by atoms with Crippen molar-refractivity contribution in [2.75, 3.05) is 5.32 Å². The minimum Gasteiger partial charge on any atom is -0.444 e. The van der Waals surface area contributed by atoms with Crippen LogP contribution in [0.1, 0.15) is 55.5 Å². The van der Waals surface area contributed by atoms with Crippen LogP contribution in [0.25, 0.3) is 5.82 Å². The Kier molecular flexibility index (Phi) is 7.68. The van der Waals surface area contributed by atoms with Gasteiger partial charge in [-0.25, -0.2) is 9.78 Å². The van der Waals surface area contributed by atoms with Crippen LogP contribution in [0.15, 0.2) is 45.5 Å². The third-order valence-electron chi connectivity index (χ3n) is 4.20. The Labute approximate surface area is 213 Å². The summed E-state index contributed by atoms with van der Waals surface area (Å²) in [7, 11) is 0. The number of hydrogen-bond acceptors (Lipinski definition) is 7. The average molecular weight is 591 g/mol. The summed E-state index contributed by atoms with van der Waals surface area (Å²) >= 11 is 6.75. The van der Waals surface area contributed by atoms with E-state index >= 15 is 0 Å². The highest BCUT2D eigenvalue weighted by molar-refractivity contribution is 9.11. The summed E-state index contributed by atoms with van der Waals surface area (Å²) in [5.74, 6) is 0.302. The molecule has 3 aromatic rings. The van der Waals surface area contributed by atoms with E-state index in [9.17, 15) is 9.59 Å². The summed E-state index contributed by atoms with van der Waals surface area (Å²) in [6.45, 7) is 6.94. The lowest BCUT2D eigenvalue weighted by Gasteiger charge is -2.18. The first-order valence-electron chi connectivity index (χ1n) is 10.1. The third-order valence-corrected chi connectivity index (χ3v) is 5.11. The predicted octanol–water partition coefficient (Wildman–Crippen LogP) is 4.90. The molecule has 2 aromatic heterocycles. The van der Waals surface area contributed by atoms with Crippen molar-refractivity contribution < 1.29 is 14.3 Å². The van der Waals surface area contributed by atoms with Gasteiger partial charge in [0.15, 0.2) is 11.6 Å². The van der Waals surface area contributed by atoms with Crippen LogP contribution in [0, 0.1) is 11.3 Å². The molecule has 0 spiro atoms. The van der Waals surface area contributed by atoms with Gasteiger partial charge in [0, 0.05) is 20.7 Å². The third kappa shape index (κ3) is 6.61. The van der Waals surface area contributed by atoms with E-state index in [-0.39, 0.29) is 11.9 Å². The predicted molar refractivity (Wildman–Crippen MR) is 131 cm³/mol. The number of hydrogen-bond donors (Lipinski definition) is 2. The van der Waals surface area contributed by atoms with Crippen molar-refractivity contribution in [2.24, 2.45) is 0 Å². The van der Waals surface area contributed by atoms with Crippen LogP contribution in [0.2, 0.25) is 0 Å². The zero-order valence-electron chi connectivity index (χ0n) is 18.8. The maximum atomic E-state index is 12.9. The number of amides is 2. The summed E-state index contributed by atoms with van der Waals surface area (Å²) in [5.41, 5.74) is 0.103. The molecule has 0 aliphatic carbocycles. The van der Waals surface area contributed by atoms with Gasteiger partial charge in [0.25, 0.3) is 11.9 Å². The number of benzene rings is 1. The monoisotopic (exact) mass is 589 g/mol. The zero-order valence-corrected chi connectivity index (χ0v) is 21.9. The molecule has 0 radical (unpaired) electrons. The van der Waals surface area contributed by atoms with E-state index in [0.717, 1.165) is 8.95 Å².